The standard InChI is InChI=1S/C18H19FN6O/c1-25-15(11-22-24-25)12-2-3-13-10-21-16(9-14(13)8-12)23-17(26)18(19)4-6-20-7-5-18/h2-3,8-11,20H,4-7H2,1H3,(H,21,23,26). The number of piperidine rings is 1. The third-order valence-corrected chi connectivity index (χ3v) is 4.78. The van der Waals surface area contributed by atoms with Gasteiger partial charge in [-0.2, -0.15) is 0 Å². The normalized spacial score (nSPS) is 16.5. The Morgan fingerprint density at radius 1 is 1.23 bits per heavy atom. The van der Waals surface area contributed by atoms with E-state index in [0.29, 0.717) is 18.9 Å². The highest BCUT2D eigenvalue weighted by atomic mass is 19.1. The van der Waals surface area contributed by atoms with Crippen LogP contribution in [0.3, 0.4) is 0 Å². The highest BCUT2D eigenvalue weighted by Gasteiger charge is 2.39. The van der Waals surface area contributed by atoms with E-state index in [2.05, 4.69) is 25.9 Å². The number of fused-ring (bicyclic) bond motifs is 1. The minimum absolute atomic E-state index is 0.171. The van der Waals surface area contributed by atoms with Crippen molar-refractivity contribution in [1.29, 1.82) is 0 Å². The molecular formula is C18H19FN6O. The van der Waals surface area contributed by atoms with Gasteiger partial charge in [-0.25, -0.2) is 14.1 Å². The number of alkyl halides is 1. The molecule has 1 saturated heterocycles. The molecule has 1 aliphatic heterocycles. The zero-order valence-corrected chi connectivity index (χ0v) is 14.4. The average molecular weight is 354 g/mol. The van der Waals surface area contributed by atoms with Gasteiger partial charge in [0.1, 0.15) is 5.82 Å². The maximum atomic E-state index is 14.8. The Hall–Kier alpha value is -2.87. The second-order valence-corrected chi connectivity index (χ2v) is 6.54. The first kappa shape index (κ1) is 16.6. The predicted molar refractivity (Wildman–Crippen MR) is 96.3 cm³/mol. The second-order valence-electron chi connectivity index (χ2n) is 6.54. The molecule has 2 aromatic heterocycles. The van der Waals surface area contributed by atoms with E-state index in [0.717, 1.165) is 22.0 Å². The van der Waals surface area contributed by atoms with Gasteiger partial charge in [0, 0.05) is 37.0 Å². The maximum Gasteiger partial charge on any atom is 0.263 e. The molecule has 0 spiro atoms. The van der Waals surface area contributed by atoms with Gasteiger partial charge in [-0.15, -0.1) is 5.10 Å². The smallest absolute Gasteiger partial charge is 0.263 e. The molecule has 8 heteroatoms. The molecule has 0 saturated carbocycles. The number of benzene rings is 1. The molecule has 1 fully saturated rings. The summed E-state index contributed by atoms with van der Waals surface area (Å²) in [5.41, 5.74) is -0.00934. The fourth-order valence-corrected chi connectivity index (χ4v) is 3.20. The summed E-state index contributed by atoms with van der Waals surface area (Å²) in [5.74, 6) is -0.281. The lowest BCUT2D eigenvalue weighted by Crippen LogP contribution is -2.47. The summed E-state index contributed by atoms with van der Waals surface area (Å²) < 4.78 is 16.5. The Balaban J connectivity index is 1.62. The highest BCUT2D eigenvalue weighted by Crippen LogP contribution is 2.27. The number of nitrogens with zero attached hydrogens (tertiary/aromatic N) is 4. The largest absolute Gasteiger partial charge is 0.316 e. The number of carbonyl (C=O) groups is 1. The Morgan fingerprint density at radius 3 is 2.77 bits per heavy atom. The molecule has 0 unspecified atom stereocenters. The summed E-state index contributed by atoms with van der Waals surface area (Å²) in [4.78, 5) is 16.6. The van der Waals surface area contributed by atoms with Crippen molar-refractivity contribution in [2.24, 2.45) is 7.05 Å². The van der Waals surface area contributed by atoms with Crippen LogP contribution in [-0.2, 0) is 11.8 Å². The molecule has 0 atom stereocenters. The minimum atomic E-state index is -1.84. The molecule has 4 rings (SSSR count). The molecule has 0 radical (unpaired) electrons. The van der Waals surface area contributed by atoms with Gasteiger partial charge in [0.15, 0.2) is 5.67 Å². The molecule has 7 nitrogen and oxygen atoms in total. The van der Waals surface area contributed by atoms with Gasteiger partial charge in [0.05, 0.1) is 11.9 Å². The summed E-state index contributed by atoms with van der Waals surface area (Å²) in [6.45, 7) is 0.994. The van der Waals surface area contributed by atoms with Gasteiger partial charge in [0.25, 0.3) is 5.91 Å². The van der Waals surface area contributed by atoms with Crippen LogP contribution in [0.25, 0.3) is 22.0 Å². The first-order valence-electron chi connectivity index (χ1n) is 8.51. The lowest BCUT2D eigenvalue weighted by molar-refractivity contribution is -0.129. The van der Waals surface area contributed by atoms with E-state index in [1.165, 1.54) is 0 Å². The van der Waals surface area contributed by atoms with E-state index in [1.807, 2.05) is 25.2 Å². The van der Waals surface area contributed by atoms with Crippen LogP contribution in [0.2, 0.25) is 0 Å². The van der Waals surface area contributed by atoms with Gasteiger partial charge >= 0.3 is 0 Å². The number of anilines is 1. The van der Waals surface area contributed by atoms with Crippen molar-refractivity contribution in [2.45, 2.75) is 18.5 Å². The van der Waals surface area contributed by atoms with Gasteiger partial charge in [-0.1, -0.05) is 17.3 Å². The Labute approximate surface area is 149 Å². The quantitative estimate of drug-likeness (QED) is 0.752. The number of halogens is 1. The molecule has 1 amide bonds. The zero-order valence-electron chi connectivity index (χ0n) is 14.4. The van der Waals surface area contributed by atoms with E-state index < -0.39 is 11.6 Å². The van der Waals surface area contributed by atoms with Crippen molar-refractivity contribution >= 4 is 22.5 Å². The van der Waals surface area contributed by atoms with Crippen molar-refractivity contribution in [2.75, 3.05) is 18.4 Å². The second kappa shape index (κ2) is 6.45. The van der Waals surface area contributed by atoms with Gasteiger partial charge in [-0.3, -0.25) is 4.79 Å². The Morgan fingerprint density at radius 2 is 2.04 bits per heavy atom. The fraction of sp³-hybridized carbons (Fsp3) is 0.333. The van der Waals surface area contributed by atoms with Crippen molar-refractivity contribution in [3.05, 3.63) is 36.7 Å². The highest BCUT2D eigenvalue weighted by molar-refractivity contribution is 5.98. The van der Waals surface area contributed by atoms with Crippen molar-refractivity contribution < 1.29 is 9.18 Å². The summed E-state index contributed by atoms with van der Waals surface area (Å²) >= 11 is 0. The molecule has 1 aromatic carbocycles. The summed E-state index contributed by atoms with van der Waals surface area (Å²) in [6.07, 6.45) is 3.70. The molecule has 26 heavy (non-hydrogen) atoms. The molecule has 1 aliphatic rings. The number of amides is 1. The Kier molecular flexibility index (Phi) is 4.12. The Bertz CT molecular complexity index is 963. The van der Waals surface area contributed by atoms with E-state index in [-0.39, 0.29) is 12.8 Å². The molecular weight excluding hydrogens is 335 g/mol. The molecule has 3 heterocycles. The summed E-state index contributed by atoms with van der Waals surface area (Å²) in [6, 6.07) is 7.64. The van der Waals surface area contributed by atoms with Crippen molar-refractivity contribution in [3.63, 3.8) is 0 Å². The number of aryl methyl sites for hydroxylation is 1. The van der Waals surface area contributed by atoms with Gasteiger partial charge in [-0.05, 0) is 30.6 Å². The number of aromatic nitrogens is 4. The predicted octanol–water partition coefficient (Wildman–Crippen LogP) is 2.06. The minimum Gasteiger partial charge on any atom is -0.316 e. The number of hydrogen-bond donors (Lipinski definition) is 2. The SMILES string of the molecule is Cn1nncc1-c1ccc2cnc(NC(=O)C3(F)CCNCC3)cc2c1. The van der Waals surface area contributed by atoms with Crippen LogP contribution in [0.5, 0.6) is 0 Å². The maximum absolute atomic E-state index is 14.8. The van der Waals surface area contributed by atoms with Crippen LogP contribution in [0.1, 0.15) is 12.8 Å². The molecule has 3 aromatic rings. The van der Waals surface area contributed by atoms with Crippen LogP contribution >= 0.6 is 0 Å². The van der Waals surface area contributed by atoms with Gasteiger partial charge in [0.2, 0.25) is 0 Å². The lowest BCUT2D eigenvalue weighted by Gasteiger charge is -2.28. The third kappa shape index (κ3) is 3.03. The van der Waals surface area contributed by atoms with Crippen LogP contribution in [0.15, 0.2) is 36.7 Å². The monoisotopic (exact) mass is 354 g/mol. The zero-order chi connectivity index (χ0) is 18.1. The molecule has 134 valence electrons. The van der Waals surface area contributed by atoms with Crippen LogP contribution in [0, 0.1) is 0 Å². The van der Waals surface area contributed by atoms with Gasteiger partial charge < -0.3 is 10.6 Å². The first-order chi connectivity index (χ1) is 12.5. The number of hydrogen-bond acceptors (Lipinski definition) is 5. The van der Waals surface area contributed by atoms with Crippen LogP contribution < -0.4 is 10.6 Å². The number of nitrogens with one attached hydrogen (secondary N) is 2. The molecule has 0 bridgehead atoms. The van der Waals surface area contributed by atoms with Crippen molar-refractivity contribution in [1.82, 2.24) is 25.3 Å². The topological polar surface area (TPSA) is 84.7 Å². The average Bonchev–Trinajstić information content (AvgIpc) is 3.07. The van der Waals surface area contributed by atoms with Crippen LogP contribution in [0.4, 0.5) is 10.2 Å². The van der Waals surface area contributed by atoms with E-state index in [1.54, 1.807) is 23.1 Å². The third-order valence-electron chi connectivity index (χ3n) is 4.78. The summed E-state index contributed by atoms with van der Waals surface area (Å²) in [7, 11) is 1.82. The van der Waals surface area contributed by atoms with E-state index >= 15 is 0 Å². The summed E-state index contributed by atoms with van der Waals surface area (Å²) in [5, 5.41) is 15.3. The fourth-order valence-electron chi connectivity index (χ4n) is 3.20. The van der Waals surface area contributed by atoms with E-state index in [9.17, 15) is 9.18 Å². The number of pyridine rings is 1. The first-order valence-corrected chi connectivity index (χ1v) is 8.51. The van der Waals surface area contributed by atoms with Crippen LogP contribution in [-0.4, -0.2) is 44.6 Å². The van der Waals surface area contributed by atoms with E-state index in [4.69, 9.17) is 0 Å². The number of rotatable bonds is 3. The number of carbonyl (C=O) groups excluding carboxylic acids is 1. The lowest BCUT2D eigenvalue weighted by atomic mass is 9.93. The molecule has 0 aliphatic carbocycles. The molecule has 2 N–H and O–H groups in total. The van der Waals surface area contributed by atoms with Crippen molar-refractivity contribution in [3.8, 4) is 11.3 Å².